The van der Waals surface area contributed by atoms with Crippen LogP contribution in [0.1, 0.15) is 36.8 Å². The summed E-state index contributed by atoms with van der Waals surface area (Å²) in [6, 6.07) is 20.4. The lowest BCUT2D eigenvalue weighted by atomic mass is 9.93. The van der Waals surface area contributed by atoms with Crippen LogP contribution in [0.4, 0.5) is 0 Å². The van der Waals surface area contributed by atoms with Crippen molar-refractivity contribution in [2.75, 3.05) is 39.3 Å². The van der Waals surface area contributed by atoms with E-state index in [0.717, 1.165) is 70.6 Å². The molecule has 0 radical (unpaired) electrons. The molecule has 5 heteroatoms. The van der Waals surface area contributed by atoms with E-state index >= 15 is 0 Å². The molecule has 2 heterocycles. The van der Waals surface area contributed by atoms with Crippen molar-refractivity contribution in [1.29, 1.82) is 0 Å². The molecule has 0 spiro atoms. The summed E-state index contributed by atoms with van der Waals surface area (Å²) in [6.45, 7) is 6.01. The van der Waals surface area contributed by atoms with E-state index in [0.29, 0.717) is 12.3 Å². The summed E-state index contributed by atoms with van der Waals surface area (Å²) in [5.41, 5.74) is 2.36. The van der Waals surface area contributed by atoms with Crippen LogP contribution in [0.2, 0.25) is 0 Å². The summed E-state index contributed by atoms with van der Waals surface area (Å²) in [5, 5.41) is 0. The Morgan fingerprint density at radius 1 is 0.848 bits per heavy atom. The van der Waals surface area contributed by atoms with Crippen molar-refractivity contribution < 1.29 is 9.59 Å². The Labute approximate surface area is 197 Å². The number of rotatable bonds is 7. The van der Waals surface area contributed by atoms with E-state index < -0.39 is 0 Å². The van der Waals surface area contributed by atoms with E-state index in [1.165, 1.54) is 5.56 Å². The fraction of sp³-hybridized carbons (Fsp3) is 0.429. The van der Waals surface area contributed by atoms with Gasteiger partial charge in [0.05, 0.1) is 0 Å². The molecule has 4 rings (SSSR count). The number of piperazine rings is 1. The predicted octanol–water partition coefficient (Wildman–Crippen LogP) is 4.06. The van der Waals surface area contributed by atoms with Crippen LogP contribution in [-0.4, -0.2) is 65.8 Å². The highest BCUT2D eigenvalue weighted by atomic mass is 16.2. The number of likely N-dealkylation sites (tertiary alicyclic amines) is 1. The number of piperidine rings is 1. The van der Waals surface area contributed by atoms with Gasteiger partial charge in [-0.15, -0.1) is 0 Å². The Kier molecular flexibility index (Phi) is 8.31. The molecule has 2 aromatic carbocycles. The van der Waals surface area contributed by atoms with Gasteiger partial charge in [0.2, 0.25) is 11.8 Å². The molecule has 2 aromatic rings. The second kappa shape index (κ2) is 11.8. The minimum absolute atomic E-state index is 0.0735. The van der Waals surface area contributed by atoms with Crippen LogP contribution in [0.5, 0.6) is 0 Å². The Bertz CT molecular complexity index is 921. The standard InChI is InChI=1S/C28H35N3O2/c32-27(30-20-18-29(19-21-30)22-25-10-5-2-6-11-25)16-14-26-12-7-17-31(23-26)28(33)15-13-24-8-3-1-4-9-24/h1-6,8-11,13,15,26H,7,12,14,16-23H2/b15-13+/t26-/m1/s1. The van der Waals surface area contributed by atoms with Gasteiger partial charge in [0.1, 0.15) is 0 Å². The average Bonchev–Trinajstić information content (AvgIpc) is 2.88. The predicted molar refractivity (Wildman–Crippen MR) is 132 cm³/mol. The summed E-state index contributed by atoms with van der Waals surface area (Å²) in [7, 11) is 0. The molecule has 0 N–H and O–H groups in total. The van der Waals surface area contributed by atoms with Crippen molar-refractivity contribution in [2.24, 2.45) is 5.92 Å². The van der Waals surface area contributed by atoms with Crippen molar-refractivity contribution >= 4 is 17.9 Å². The second-order valence-corrected chi connectivity index (χ2v) is 9.22. The Hall–Kier alpha value is -2.92. The van der Waals surface area contributed by atoms with Crippen LogP contribution in [0, 0.1) is 5.92 Å². The lowest BCUT2D eigenvalue weighted by Gasteiger charge is -2.36. The highest BCUT2D eigenvalue weighted by Gasteiger charge is 2.25. The third-order valence-electron chi connectivity index (χ3n) is 6.79. The number of amides is 2. The van der Waals surface area contributed by atoms with Crippen molar-refractivity contribution in [2.45, 2.75) is 32.2 Å². The first-order valence-corrected chi connectivity index (χ1v) is 12.2. The van der Waals surface area contributed by atoms with Crippen molar-refractivity contribution in [3.8, 4) is 0 Å². The third kappa shape index (κ3) is 7.03. The van der Waals surface area contributed by atoms with Gasteiger partial charge in [0.15, 0.2) is 0 Å². The number of carbonyl (C=O) groups excluding carboxylic acids is 2. The minimum atomic E-state index is 0.0735. The monoisotopic (exact) mass is 445 g/mol. The van der Waals surface area contributed by atoms with Gasteiger partial charge in [0, 0.05) is 58.3 Å². The summed E-state index contributed by atoms with van der Waals surface area (Å²) >= 11 is 0. The van der Waals surface area contributed by atoms with Crippen molar-refractivity contribution in [3.63, 3.8) is 0 Å². The normalized spacial score (nSPS) is 19.7. The van der Waals surface area contributed by atoms with E-state index in [-0.39, 0.29) is 11.8 Å². The molecule has 2 aliphatic rings. The highest BCUT2D eigenvalue weighted by molar-refractivity contribution is 5.91. The molecule has 2 fully saturated rings. The summed E-state index contributed by atoms with van der Waals surface area (Å²) in [5.74, 6) is 0.752. The molecule has 174 valence electrons. The Morgan fingerprint density at radius 3 is 2.27 bits per heavy atom. The fourth-order valence-electron chi connectivity index (χ4n) is 4.82. The lowest BCUT2D eigenvalue weighted by molar-refractivity contribution is -0.133. The number of carbonyl (C=O) groups is 2. The summed E-state index contributed by atoms with van der Waals surface area (Å²) in [4.78, 5) is 31.8. The second-order valence-electron chi connectivity index (χ2n) is 9.22. The van der Waals surface area contributed by atoms with Gasteiger partial charge in [-0.2, -0.15) is 0 Å². The van der Waals surface area contributed by atoms with Gasteiger partial charge < -0.3 is 9.80 Å². The molecule has 0 bridgehead atoms. The average molecular weight is 446 g/mol. The first kappa shape index (κ1) is 23.2. The van der Waals surface area contributed by atoms with Gasteiger partial charge >= 0.3 is 0 Å². The largest absolute Gasteiger partial charge is 0.340 e. The van der Waals surface area contributed by atoms with Crippen LogP contribution in [0.25, 0.3) is 6.08 Å². The molecule has 2 aliphatic heterocycles. The maximum absolute atomic E-state index is 12.8. The quantitative estimate of drug-likeness (QED) is 0.604. The minimum Gasteiger partial charge on any atom is -0.340 e. The lowest BCUT2D eigenvalue weighted by Crippen LogP contribution is -2.48. The SMILES string of the molecule is O=C(/C=C/c1ccccc1)N1CCC[C@H](CCC(=O)N2CCN(Cc3ccccc3)CC2)C1. The van der Waals surface area contributed by atoms with Crippen molar-refractivity contribution in [1.82, 2.24) is 14.7 Å². The van der Waals surface area contributed by atoms with Crippen LogP contribution in [-0.2, 0) is 16.1 Å². The third-order valence-corrected chi connectivity index (χ3v) is 6.79. The van der Waals surface area contributed by atoms with Crippen LogP contribution < -0.4 is 0 Å². The van der Waals surface area contributed by atoms with Crippen LogP contribution >= 0.6 is 0 Å². The molecule has 2 saturated heterocycles. The van der Waals surface area contributed by atoms with Crippen LogP contribution in [0.15, 0.2) is 66.7 Å². The molecule has 2 amide bonds. The molecule has 0 unspecified atom stereocenters. The van der Waals surface area contributed by atoms with E-state index in [1.807, 2.05) is 52.3 Å². The van der Waals surface area contributed by atoms with E-state index in [2.05, 4.69) is 29.2 Å². The molecular formula is C28H35N3O2. The van der Waals surface area contributed by atoms with E-state index in [4.69, 9.17) is 0 Å². The van der Waals surface area contributed by atoms with Gasteiger partial charge in [0.25, 0.3) is 0 Å². The topological polar surface area (TPSA) is 43.9 Å². The zero-order valence-electron chi connectivity index (χ0n) is 19.4. The number of hydrogen-bond acceptors (Lipinski definition) is 3. The first-order chi connectivity index (χ1) is 16.2. The zero-order valence-corrected chi connectivity index (χ0v) is 19.4. The molecule has 0 aliphatic carbocycles. The number of nitrogens with zero attached hydrogens (tertiary/aromatic N) is 3. The summed E-state index contributed by atoms with van der Waals surface area (Å²) in [6.07, 6.45) is 7.14. The van der Waals surface area contributed by atoms with Crippen LogP contribution in [0.3, 0.4) is 0 Å². The fourth-order valence-corrected chi connectivity index (χ4v) is 4.82. The van der Waals surface area contributed by atoms with Gasteiger partial charge in [-0.25, -0.2) is 0 Å². The molecule has 33 heavy (non-hydrogen) atoms. The van der Waals surface area contributed by atoms with E-state index in [9.17, 15) is 9.59 Å². The summed E-state index contributed by atoms with van der Waals surface area (Å²) < 4.78 is 0. The number of hydrogen-bond donors (Lipinski definition) is 0. The van der Waals surface area contributed by atoms with Gasteiger partial charge in [-0.1, -0.05) is 60.7 Å². The Balaban J connectivity index is 1.18. The maximum Gasteiger partial charge on any atom is 0.246 e. The van der Waals surface area contributed by atoms with Gasteiger partial charge in [-0.3, -0.25) is 14.5 Å². The molecule has 5 nitrogen and oxygen atoms in total. The molecule has 0 saturated carbocycles. The number of benzene rings is 2. The zero-order chi connectivity index (χ0) is 22.9. The maximum atomic E-state index is 12.8. The first-order valence-electron chi connectivity index (χ1n) is 12.2. The van der Waals surface area contributed by atoms with E-state index in [1.54, 1.807) is 6.08 Å². The molecule has 0 aromatic heterocycles. The van der Waals surface area contributed by atoms with Crippen molar-refractivity contribution in [3.05, 3.63) is 77.9 Å². The molecule has 1 atom stereocenters. The highest BCUT2D eigenvalue weighted by Crippen LogP contribution is 2.22. The van der Waals surface area contributed by atoms with Gasteiger partial charge in [-0.05, 0) is 42.4 Å². The Morgan fingerprint density at radius 2 is 1.55 bits per heavy atom. The molecular weight excluding hydrogens is 410 g/mol. The smallest absolute Gasteiger partial charge is 0.246 e.